The van der Waals surface area contributed by atoms with Crippen LogP contribution in [0.3, 0.4) is 0 Å². The highest BCUT2D eigenvalue weighted by Crippen LogP contribution is 2.13. The predicted molar refractivity (Wildman–Crippen MR) is 100 cm³/mol. The first-order valence-corrected chi connectivity index (χ1v) is 9.28. The largest absolute Gasteiger partial charge is 0.321 e. The zero-order valence-corrected chi connectivity index (χ0v) is 14.9. The van der Waals surface area contributed by atoms with Crippen LogP contribution in [0.15, 0.2) is 59.8 Å². The third-order valence-corrected chi connectivity index (χ3v) is 5.10. The number of amides is 1. The lowest BCUT2D eigenvalue weighted by Crippen LogP contribution is -3.15. The van der Waals surface area contributed by atoms with Crippen molar-refractivity contribution in [3.05, 3.63) is 60.3 Å². The molecular weight excluding hydrogens is 326 g/mol. The van der Waals surface area contributed by atoms with E-state index in [0.717, 1.165) is 49.7 Å². The number of carbonyl (C=O) groups is 1. The topological polar surface area (TPSA) is 54.5 Å². The summed E-state index contributed by atoms with van der Waals surface area (Å²) in [5, 5.41) is 6.22. The number of aromatic nitrogens is 1. The molecule has 1 aromatic heterocycles. The number of benzene rings is 1. The van der Waals surface area contributed by atoms with Gasteiger partial charge in [-0.2, -0.15) is 5.10 Å². The molecule has 0 bridgehead atoms. The lowest BCUT2D eigenvalue weighted by atomic mass is 10.1. The number of piperazine rings is 1. The number of nitrogens with one attached hydrogen (secondary N) is 2. The second kappa shape index (κ2) is 7.66. The number of aromatic amines is 1. The number of nitrogens with zero attached hydrogens (tertiary/aromatic N) is 3. The Hall–Kier alpha value is -2.73. The molecule has 2 aliphatic heterocycles. The Balaban J connectivity index is 1.30. The van der Waals surface area contributed by atoms with Crippen LogP contribution in [0.4, 0.5) is 5.82 Å². The summed E-state index contributed by atoms with van der Waals surface area (Å²) in [6.07, 6.45) is 2.79. The Bertz CT molecular complexity index is 769. The van der Waals surface area contributed by atoms with Crippen molar-refractivity contribution in [2.24, 2.45) is 5.10 Å². The normalized spacial score (nSPS) is 18.1. The van der Waals surface area contributed by atoms with E-state index in [4.69, 9.17) is 0 Å². The molecule has 0 atom stereocenters. The van der Waals surface area contributed by atoms with E-state index in [1.54, 1.807) is 5.01 Å². The van der Waals surface area contributed by atoms with E-state index in [-0.39, 0.29) is 5.91 Å². The van der Waals surface area contributed by atoms with Gasteiger partial charge in [0.05, 0.1) is 18.5 Å². The van der Waals surface area contributed by atoms with Gasteiger partial charge in [-0.3, -0.25) is 9.69 Å². The van der Waals surface area contributed by atoms with E-state index >= 15 is 0 Å². The molecule has 1 fully saturated rings. The average Bonchev–Trinajstić information content (AvgIpc) is 3.20. The van der Waals surface area contributed by atoms with Gasteiger partial charge >= 0.3 is 0 Å². The van der Waals surface area contributed by atoms with E-state index < -0.39 is 0 Å². The predicted octanol–water partition coefficient (Wildman–Crippen LogP) is -0.158. The fourth-order valence-electron chi connectivity index (χ4n) is 3.60. The van der Waals surface area contributed by atoms with Crippen LogP contribution in [0.1, 0.15) is 12.0 Å². The first kappa shape index (κ1) is 16.7. The van der Waals surface area contributed by atoms with Gasteiger partial charge in [-0.25, -0.2) is 9.99 Å². The third kappa shape index (κ3) is 3.75. The molecule has 2 aliphatic rings. The molecule has 4 rings (SSSR count). The first-order chi connectivity index (χ1) is 12.8. The monoisotopic (exact) mass is 351 g/mol. The van der Waals surface area contributed by atoms with Gasteiger partial charge in [-0.1, -0.05) is 36.4 Å². The third-order valence-electron chi connectivity index (χ3n) is 5.10. The van der Waals surface area contributed by atoms with Crippen LogP contribution in [0, 0.1) is 0 Å². The molecule has 1 amide bonds. The van der Waals surface area contributed by atoms with Crippen LogP contribution in [0.5, 0.6) is 0 Å². The van der Waals surface area contributed by atoms with Crippen molar-refractivity contribution < 1.29 is 14.7 Å². The number of anilines is 1. The summed E-state index contributed by atoms with van der Waals surface area (Å²) in [7, 11) is 0. The van der Waals surface area contributed by atoms with Gasteiger partial charge in [0.1, 0.15) is 26.2 Å². The van der Waals surface area contributed by atoms with Crippen molar-refractivity contribution in [2.75, 3.05) is 44.2 Å². The number of hydrazone groups is 1. The zero-order chi connectivity index (χ0) is 17.8. The van der Waals surface area contributed by atoms with Gasteiger partial charge in [-0.05, 0) is 11.6 Å². The van der Waals surface area contributed by atoms with E-state index in [0.29, 0.717) is 13.1 Å². The molecule has 26 heavy (non-hydrogen) atoms. The Morgan fingerprint density at radius 1 is 1.04 bits per heavy atom. The van der Waals surface area contributed by atoms with Crippen molar-refractivity contribution >= 4 is 17.4 Å². The molecule has 0 unspecified atom stereocenters. The standard InChI is InChI=1S/C20H23N5O/c26-20(25-11-9-18(22-25)17-6-2-1-3-7-17)16-23-12-14-24(15-13-23)19-8-4-5-10-21-19/h1-8,10H,9,11-16H2/p+2. The fraction of sp³-hybridized carbons (Fsp3) is 0.350. The van der Waals surface area contributed by atoms with Gasteiger partial charge in [0.2, 0.25) is 0 Å². The minimum absolute atomic E-state index is 0.130. The first-order valence-electron chi connectivity index (χ1n) is 9.28. The minimum atomic E-state index is 0.130. The summed E-state index contributed by atoms with van der Waals surface area (Å²) in [4.78, 5) is 19.6. The molecule has 1 aromatic carbocycles. The van der Waals surface area contributed by atoms with Crippen LogP contribution in [0.25, 0.3) is 0 Å². The highest BCUT2D eigenvalue weighted by Gasteiger charge is 2.30. The van der Waals surface area contributed by atoms with E-state index in [2.05, 4.69) is 33.2 Å². The van der Waals surface area contributed by atoms with Crippen LogP contribution in [0.2, 0.25) is 0 Å². The van der Waals surface area contributed by atoms with E-state index in [1.807, 2.05) is 36.5 Å². The number of pyridine rings is 1. The van der Waals surface area contributed by atoms with Gasteiger partial charge in [0.15, 0.2) is 6.54 Å². The molecule has 6 heteroatoms. The van der Waals surface area contributed by atoms with Crippen molar-refractivity contribution in [3.63, 3.8) is 0 Å². The minimum Gasteiger partial charge on any atom is -0.321 e. The Labute approximate surface area is 153 Å². The summed E-state index contributed by atoms with van der Waals surface area (Å²) in [6.45, 7) is 5.08. The zero-order valence-electron chi connectivity index (χ0n) is 14.9. The van der Waals surface area contributed by atoms with Crippen molar-refractivity contribution in [1.29, 1.82) is 0 Å². The average molecular weight is 351 g/mol. The molecule has 0 radical (unpaired) electrons. The highest BCUT2D eigenvalue weighted by atomic mass is 16.2. The van der Waals surface area contributed by atoms with E-state index in [1.165, 1.54) is 4.90 Å². The van der Waals surface area contributed by atoms with Crippen LogP contribution >= 0.6 is 0 Å². The lowest BCUT2D eigenvalue weighted by Gasteiger charge is -2.28. The fourth-order valence-corrected chi connectivity index (χ4v) is 3.60. The van der Waals surface area contributed by atoms with Crippen molar-refractivity contribution in [3.8, 4) is 0 Å². The number of rotatable bonds is 4. The van der Waals surface area contributed by atoms with Crippen LogP contribution in [-0.4, -0.2) is 55.9 Å². The van der Waals surface area contributed by atoms with Gasteiger partial charge in [0, 0.05) is 12.5 Å². The molecule has 134 valence electrons. The summed E-state index contributed by atoms with van der Waals surface area (Å²) in [6, 6.07) is 16.3. The SMILES string of the molecule is O=C(C[NH+]1CCN(c2cccc[nH+]2)CC1)N1CCC(c2ccccc2)=N1. The maximum Gasteiger partial charge on any atom is 0.297 e. The number of hydrogen-bond acceptors (Lipinski definition) is 3. The summed E-state index contributed by atoms with van der Waals surface area (Å²) in [5.41, 5.74) is 2.13. The molecule has 2 aromatic rings. The summed E-state index contributed by atoms with van der Waals surface area (Å²) in [5.74, 6) is 1.28. The second-order valence-electron chi connectivity index (χ2n) is 6.84. The molecular formula is C20H25N5O+2. The summed E-state index contributed by atoms with van der Waals surface area (Å²) >= 11 is 0. The van der Waals surface area contributed by atoms with Gasteiger partial charge < -0.3 is 4.90 Å². The maximum atomic E-state index is 12.6. The molecule has 6 nitrogen and oxygen atoms in total. The second-order valence-corrected chi connectivity index (χ2v) is 6.84. The van der Waals surface area contributed by atoms with Crippen LogP contribution < -0.4 is 14.8 Å². The van der Waals surface area contributed by atoms with Crippen molar-refractivity contribution in [2.45, 2.75) is 6.42 Å². The molecule has 2 N–H and O–H groups in total. The Morgan fingerprint density at radius 3 is 2.54 bits per heavy atom. The maximum absolute atomic E-state index is 12.6. The van der Waals surface area contributed by atoms with Crippen LogP contribution in [-0.2, 0) is 4.79 Å². The lowest BCUT2D eigenvalue weighted by molar-refractivity contribution is -0.892. The van der Waals surface area contributed by atoms with Crippen molar-refractivity contribution in [1.82, 2.24) is 5.01 Å². The Morgan fingerprint density at radius 2 is 1.81 bits per heavy atom. The number of H-pyrrole nitrogens is 1. The number of hydrogen-bond donors (Lipinski definition) is 1. The van der Waals surface area contributed by atoms with Gasteiger partial charge in [0.25, 0.3) is 11.7 Å². The molecule has 0 spiro atoms. The summed E-state index contributed by atoms with van der Waals surface area (Å²) < 4.78 is 0. The van der Waals surface area contributed by atoms with Gasteiger partial charge in [-0.15, -0.1) is 0 Å². The smallest absolute Gasteiger partial charge is 0.297 e. The molecule has 0 saturated carbocycles. The number of quaternary nitrogens is 1. The molecule has 0 aliphatic carbocycles. The van der Waals surface area contributed by atoms with E-state index in [9.17, 15) is 4.79 Å². The quantitative estimate of drug-likeness (QED) is 0.832. The molecule has 1 saturated heterocycles. The Kier molecular flexibility index (Phi) is 4.93. The molecule has 3 heterocycles. The number of carbonyl (C=O) groups excluding carboxylic acids is 1. The highest BCUT2D eigenvalue weighted by molar-refractivity contribution is 6.02.